The minimum absolute atomic E-state index is 0.0240. The van der Waals surface area contributed by atoms with E-state index in [9.17, 15) is 4.79 Å². The first-order valence-electron chi connectivity index (χ1n) is 8.64. The second kappa shape index (κ2) is 8.43. The van der Waals surface area contributed by atoms with Gasteiger partial charge in [0, 0.05) is 24.8 Å². The van der Waals surface area contributed by atoms with E-state index in [1.807, 2.05) is 48.5 Å². The molecule has 1 aromatic heterocycles. The molecule has 0 fully saturated rings. The standard InChI is InChI=1S/C21H23NO4/c1-24-19-9-7-15(13-20(19)25-2)8-10-21(23)22-12-11-17-14-16-5-3-4-6-18(16)26-17/h3-7,9,13-14H,8,10-12H2,1-2H3,(H,22,23). The first-order valence-corrected chi connectivity index (χ1v) is 8.64. The molecule has 0 aliphatic carbocycles. The highest BCUT2D eigenvalue weighted by molar-refractivity contribution is 5.78. The Morgan fingerprint density at radius 1 is 1.00 bits per heavy atom. The highest BCUT2D eigenvalue weighted by Crippen LogP contribution is 2.27. The summed E-state index contributed by atoms with van der Waals surface area (Å²) in [5.41, 5.74) is 1.91. The van der Waals surface area contributed by atoms with Crippen LogP contribution in [0.1, 0.15) is 17.7 Å². The third-order valence-electron chi connectivity index (χ3n) is 4.26. The van der Waals surface area contributed by atoms with Gasteiger partial charge in [-0.2, -0.15) is 0 Å². The summed E-state index contributed by atoms with van der Waals surface area (Å²) >= 11 is 0. The summed E-state index contributed by atoms with van der Waals surface area (Å²) in [5.74, 6) is 2.27. The number of para-hydroxylation sites is 1. The fraction of sp³-hybridized carbons (Fsp3) is 0.286. The smallest absolute Gasteiger partial charge is 0.220 e. The van der Waals surface area contributed by atoms with Crippen molar-refractivity contribution in [3.8, 4) is 11.5 Å². The third kappa shape index (κ3) is 4.36. The highest BCUT2D eigenvalue weighted by atomic mass is 16.5. The Morgan fingerprint density at radius 3 is 2.58 bits per heavy atom. The SMILES string of the molecule is COc1ccc(CCC(=O)NCCc2cc3ccccc3o2)cc1OC. The first kappa shape index (κ1) is 17.9. The summed E-state index contributed by atoms with van der Waals surface area (Å²) in [5, 5.41) is 4.03. The Balaban J connectivity index is 1.45. The highest BCUT2D eigenvalue weighted by Gasteiger charge is 2.08. The number of fused-ring (bicyclic) bond motifs is 1. The maximum atomic E-state index is 12.1. The average molecular weight is 353 g/mol. The minimum Gasteiger partial charge on any atom is -0.493 e. The van der Waals surface area contributed by atoms with Gasteiger partial charge in [0.15, 0.2) is 11.5 Å². The van der Waals surface area contributed by atoms with Crippen LogP contribution in [-0.4, -0.2) is 26.7 Å². The van der Waals surface area contributed by atoms with Crippen LogP contribution in [0.4, 0.5) is 0 Å². The largest absolute Gasteiger partial charge is 0.493 e. The number of aryl methyl sites for hydroxylation is 1. The third-order valence-corrected chi connectivity index (χ3v) is 4.26. The molecule has 136 valence electrons. The summed E-state index contributed by atoms with van der Waals surface area (Å²) in [7, 11) is 3.21. The molecule has 26 heavy (non-hydrogen) atoms. The molecule has 0 spiro atoms. The van der Waals surface area contributed by atoms with Crippen LogP contribution in [0.3, 0.4) is 0 Å². The molecular formula is C21H23NO4. The van der Waals surface area contributed by atoms with Crippen molar-refractivity contribution < 1.29 is 18.7 Å². The molecule has 3 aromatic rings. The van der Waals surface area contributed by atoms with Crippen molar-refractivity contribution in [2.24, 2.45) is 0 Å². The monoisotopic (exact) mass is 353 g/mol. The maximum absolute atomic E-state index is 12.1. The quantitative estimate of drug-likeness (QED) is 0.670. The molecule has 0 saturated heterocycles. The van der Waals surface area contributed by atoms with Gasteiger partial charge in [0.2, 0.25) is 5.91 Å². The van der Waals surface area contributed by atoms with Gasteiger partial charge < -0.3 is 19.2 Å². The van der Waals surface area contributed by atoms with Crippen LogP contribution >= 0.6 is 0 Å². The number of carbonyl (C=O) groups excluding carboxylic acids is 1. The summed E-state index contributed by atoms with van der Waals surface area (Å²) < 4.78 is 16.3. The number of rotatable bonds is 8. The number of benzene rings is 2. The van der Waals surface area contributed by atoms with E-state index in [1.54, 1.807) is 14.2 Å². The van der Waals surface area contributed by atoms with Gasteiger partial charge >= 0.3 is 0 Å². The molecular weight excluding hydrogens is 330 g/mol. The van der Waals surface area contributed by atoms with Gasteiger partial charge in [-0.1, -0.05) is 24.3 Å². The number of amides is 1. The molecule has 2 aromatic carbocycles. The van der Waals surface area contributed by atoms with Crippen molar-refractivity contribution in [1.82, 2.24) is 5.32 Å². The van der Waals surface area contributed by atoms with E-state index in [-0.39, 0.29) is 5.91 Å². The Morgan fingerprint density at radius 2 is 1.81 bits per heavy atom. The van der Waals surface area contributed by atoms with Gasteiger partial charge in [-0.3, -0.25) is 4.79 Å². The number of furan rings is 1. The van der Waals surface area contributed by atoms with E-state index in [0.29, 0.717) is 37.3 Å². The lowest BCUT2D eigenvalue weighted by atomic mass is 10.1. The Hall–Kier alpha value is -2.95. The van der Waals surface area contributed by atoms with Gasteiger partial charge in [-0.25, -0.2) is 0 Å². The van der Waals surface area contributed by atoms with Crippen LogP contribution in [0.15, 0.2) is 52.9 Å². The summed E-state index contributed by atoms with van der Waals surface area (Å²) in [6.07, 6.45) is 1.75. The van der Waals surface area contributed by atoms with Crippen molar-refractivity contribution in [2.45, 2.75) is 19.3 Å². The Bertz CT molecular complexity index is 852. The van der Waals surface area contributed by atoms with Crippen molar-refractivity contribution in [2.75, 3.05) is 20.8 Å². The zero-order valence-corrected chi connectivity index (χ0v) is 15.1. The lowest BCUT2D eigenvalue weighted by Gasteiger charge is -2.09. The average Bonchev–Trinajstić information content (AvgIpc) is 3.08. The van der Waals surface area contributed by atoms with Gasteiger partial charge in [0.25, 0.3) is 0 Å². The molecule has 0 radical (unpaired) electrons. The molecule has 0 aliphatic heterocycles. The topological polar surface area (TPSA) is 60.7 Å². The molecule has 0 aliphatic rings. The van der Waals surface area contributed by atoms with E-state index < -0.39 is 0 Å². The number of methoxy groups -OCH3 is 2. The Kier molecular flexibility index (Phi) is 5.79. The van der Waals surface area contributed by atoms with Crippen molar-refractivity contribution >= 4 is 16.9 Å². The number of hydrogen-bond donors (Lipinski definition) is 1. The summed E-state index contributed by atoms with van der Waals surface area (Å²) in [6.45, 7) is 0.560. The van der Waals surface area contributed by atoms with Crippen LogP contribution in [0.5, 0.6) is 11.5 Å². The molecule has 0 atom stereocenters. The predicted molar refractivity (Wildman–Crippen MR) is 101 cm³/mol. The summed E-state index contributed by atoms with van der Waals surface area (Å²) in [4.78, 5) is 12.1. The predicted octanol–water partition coefficient (Wildman–Crippen LogP) is 3.74. The molecule has 3 rings (SSSR count). The van der Waals surface area contributed by atoms with Gasteiger partial charge in [-0.15, -0.1) is 0 Å². The van der Waals surface area contributed by atoms with E-state index in [1.165, 1.54) is 0 Å². The normalized spacial score (nSPS) is 10.7. The van der Waals surface area contributed by atoms with Crippen LogP contribution in [0.25, 0.3) is 11.0 Å². The zero-order chi connectivity index (χ0) is 18.4. The number of nitrogens with one attached hydrogen (secondary N) is 1. The van der Waals surface area contributed by atoms with Gasteiger partial charge in [-0.05, 0) is 36.2 Å². The van der Waals surface area contributed by atoms with Crippen LogP contribution in [0.2, 0.25) is 0 Å². The number of ether oxygens (including phenoxy) is 2. The van der Waals surface area contributed by atoms with Crippen molar-refractivity contribution in [3.63, 3.8) is 0 Å². The van der Waals surface area contributed by atoms with Gasteiger partial charge in [0.1, 0.15) is 11.3 Å². The zero-order valence-electron chi connectivity index (χ0n) is 15.1. The van der Waals surface area contributed by atoms with Gasteiger partial charge in [0.05, 0.1) is 14.2 Å². The second-order valence-corrected chi connectivity index (χ2v) is 6.04. The molecule has 1 amide bonds. The maximum Gasteiger partial charge on any atom is 0.220 e. The molecule has 5 heteroatoms. The second-order valence-electron chi connectivity index (χ2n) is 6.04. The lowest BCUT2D eigenvalue weighted by molar-refractivity contribution is -0.121. The minimum atomic E-state index is 0.0240. The molecule has 5 nitrogen and oxygen atoms in total. The number of carbonyl (C=O) groups is 1. The Labute approximate surface area is 152 Å². The van der Waals surface area contributed by atoms with Crippen molar-refractivity contribution in [3.05, 3.63) is 59.9 Å². The number of hydrogen-bond acceptors (Lipinski definition) is 4. The van der Waals surface area contributed by atoms with Crippen molar-refractivity contribution in [1.29, 1.82) is 0 Å². The first-order chi connectivity index (χ1) is 12.7. The molecule has 1 heterocycles. The fourth-order valence-corrected chi connectivity index (χ4v) is 2.87. The van der Waals surface area contributed by atoms with E-state index in [4.69, 9.17) is 13.9 Å². The molecule has 0 unspecified atom stereocenters. The van der Waals surface area contributed by atoms with E-state index >= 15 is 0 Å². The summed E-state index contributed by atoms with van der Waals surface area (Å²) in [6, 6.07) is 15.6. The lowest BCUT2D eigenvalue weighted by Crippen LogP contribution is -2.25. The fourth-order valence-electron chi connectivity index (χ4n) is 2.87. The molecule has 1 N–H and O–H groups in total. The van der Waals surface area contributed by atoms with Crippen LogP contribution in [0, 0.1) is 0 Å². The van der Waals surface area contributed by atoms with E-state index in [0.717, 1.165) is 22.3 Å². The van der Waals surface area contributed by atoms with Crippen LogP contribution < -0.4 is 14.8 Å². The van der Waals surface area contributed by atoms with E-state index in [2.05, 4.69) is 5.32 Å². The molecule has 0 saturated carbocycles. The molecule has 0 bridgehead atoms. The van der Waals surface area contributed by atoms with Crippen LogP contribution in [-0.2, 0) is 17.6 Å².